The van der Waals surface area contributed by atoms with Gasteiger partial charge in [0.25, 0.3) is 0 Å². The van der Waals surface area contributed by atoms with Crippen LogP contribution in [-0.2, 0) is 0 Å². The maximum Gasteiger partial charge on any atom is 0.318 e. The first-order chi connectivity index (χ1) is 6.99. The molecule has 5 nitrogen and oxygen atoms in total. The van der Waals surface area contributed by atoms with Crippen LogP contribution >= 0.6 is 22.6 Å². The molecule has 0 atom stereocenters. The van der Waals surface area contributed by atoms with Gasteiger partial charge in [-0.25, -0.2) is 9.18 Å². The monoisotopic (exact) mass is 322 g/mol. The average molecular weight is 322 g/mol. The number of hydrogen-bond donors (Lipinski definition) is 4. The lowest BCUT2D eigenvalue weighted by atomic mass is 10.3. The Labute approximate surface area is 98.9 Å². The zero-order chi connectivity index (χ0) is 11.4. The third-order valence-corrected chi connectivity index (χ3v) is 2.31. The fraction of sp³-hybridized carbons (Fsp3) is 0. The van der Waals surface area contributed by atoms with Crippen LogP contribution in [0.15, 0.2) is 18.2 Å². The maximum absolute atomic E-state index is 13.1. The van der Waals surface area contributed by atoms with Crippen LogP contribution in [0.1, 0.15) is 0 Å². The molecule has 0 aromatic heterocycles. The molecule has 0 saturated carbocycles. The molecule has 0 spiro atoms. The summed E-state index contributed by atoms with van der Waals surface area (Å²) in [6.07, 6.45) is 0. The standard InChI is InChI=1S/C8H8FIN4O/c9-5-3-4(1-2-6(5)10)13-7(11)14-8(12)15/h1-3H,(H5,11,12,13,14,15). The molecule has 1 aromatic carbocycles. The van der Waals surface area contributed by atoms with Gasteiger partial charge in [0.1, 0.15) is 5.82 Å². The van der Waals surface area contributed by atoms with E-state index in [4.69, 9.17) is 11.1 Å². The summed E-state index contributed by atoms with van der Waals surface area (Å²) in [5, 5.41) is 11.7. The van der Waals surface area contributed by atoms with Crippen molar-refractivity contribution in [1.82, 2.24) is 5.32 Å². The van der Waals surface area contributed by atoms with Crippen LogP contribution in [0.5, 0.6) is 0 Å². The quantitative estimate of drug-likeness (QED) is 0.358. The van der Waals surface area contributed by atoms with Crippen molar-refractivity contribution in [3.8, 4) is 0 Å². The van der Waals surface area contributed by atoms with Crippen LogP contribution in [-0.4, -0.2) is 12.0 Å². The molecule has 0 bridgehead atoms. The predicted molar refractivity (Wildman–Crippen MR) is 63.2 cm³/mol. The molecule has 5 N–H and O–H groups in total. The maximum atomic E-state index is 13.1. The molecular weight excluding hydrogens is 314 g/mol. The number of urea groups is 1. The fourth-order valence-corrected chi connectivity index (χ4v) is 1.21. The van der Waals surface area contributed by atoms with E-state index in [-0.39, 0.29) is 5.96 Å². The van der Waals surface area contributed by atoms with Gasteiger partial charge in [-0.3, -0.25) is 10.7 Å². The number of hydrogen-bond acceptors (Lipinski definition) is 2. The van der Waals surface area contributed by atoms with E-state index < -0.39 is 11.8 Å². The van der Waals surface area contributed by atoms with E-state index >= 15 is 0 Å². The first-order valence-corrected chi connectivity index (χ1v) is 4.94. The highest BCUT2D eigenvalue weighted by atomic mass is 127. The van der Waals surface area contributed by atoms with Gasteiger partial charge in [0.05, 0.1) is 0 Å². The third-order valence-electron chi connectivity index (χ3n) is 1.44. The summed E-state index contributed by atoms with van der Waals surface area (Å²) in [7, 11) is 0. The first kappa shape index (κ1) is 11.7. The van der Waals surface area contributed by atoms with Crippen molar-refractivity contribution in [2.24, 2.45) is 5.73 Å². The van der Waals surface area contributed by atoms with Gasteiger partial charge in [-0.2, -0.15) is 0 Å². The van der Waals surface area contributed by atoms with Crippen LogP contribution in [0, 0.1) is 14.8 Å². The SMILES string of the molecule is N=C(NC(N)=O)Nc1ccc(I)c(F)c1. The molecule has 2 amide bonds. The van der Waals surface area contributed by atoms with Crippen LogP contribution in [0.4, 0.5) is 14.9 Å². The Hall–Kier alpha value is -1.38. The molecule has 0 heterocycles. The number of carbonyl (C=O) groups excluding carboxylic acids is 1. The normalized spacial score (nSPS) is 9.47. The minimum atomic E-state index is -0.849. The van der Waals surface area contributed by atoms with Crippen molar-refractivity contribution in [3.05, 3.63) is 27.6 Å². The molecule has 1 rings (SSSR count). The minimum Gasteiger partial charge on any atom is -0.351 e. The second-order valence-electron chi connectivity index (χ2n) is 2.62. The first-order valence-electron chi connectivity index (χ1n) is 3.86. The average Bonchev–Trinajstić information content (AvgIpc) is 2.10. The van der Waals surface area contributed by atoms with Gasteiger partial charge in [0.2, 0.25) is 5.96 Å². The Morgan fingerprint density at radius 3 is 2.73 bits per heavy atom. The molecule has 1 aromatic rings. The van der Waals surface area contributed by atoms with E-state index in [2.05, 4.69) is 5.32 Å². The summed E-state index contributed by atoms with van der Waals surface area (Å²) in [6.45, 7) is 0. The number of carbonyl (C=O) groups is 1. The highest BCUT2D eigenvalue weighted by molar-refractivity contribution is 14.1. The summed E-state index contributed by atoms with van der Waals surface area (Å²) >= 11 is 1.85. The lowest BCUT2D eigenvalue weighted by Gasteiger charge is -2.07. The minimum absolute atomic E-state index is 0.303. The van der Waals surface area contributed by atoms with E-state index in [0.717, 1.165) is 0 Å². The highest BCUT2D eigenvalue weighted by Crippen LogP contribution is 2.15. The van der Waals surface area contributed by atoms with Gasteiger partial charge in [0, 0.05) is 9.26 Å². The van der Waals surface area contributed by atoms with Crippen molar-refractivity contribution in [1.29, 1.82) is 5.41 Å². The third kappa shape index (κ3) is 3.70. The molecule has 7 heteroatoms. The number of amides is 2. The lowest BCUT2D eigenvalue weighted by molar-refractivity contribution is 0.253. The van der Waals surface area contributed by atoms with Crippen molar-refractivity contribution >= 4 is 40.3 Å². The van der Waals surface area contributed by atoms with Crippen LogP contribution in [0.25, 0.3) is 0 Å². The van der Waals surface area contributed by atoms with Gasteiger partial charge < -0.3 is 11.1 Å². The molecule has 0 aliphatic rings. The van der Waals surface area contributed by atoms with Gasteiger partial charge >= 0.3 is 6.03 Å². The van der Waals surface area contributed by atoms with E-state index in [0.29, 0.717) is 9.26 Å². The van der Waals surface area contributed by atoms with Crippen LogP contribution < -0.4 is 16.4 Å². The molecule has 80 valence electrons. The van der Waals surface area contributed by atoms with E-state index in [1.165, 1.54) is 6.07 Å². The Morgan fingerprint density at radius 2 is 2.20 bits per heavy atom. The van der Waals surface area contributed by atoms with Crippen molar-refractivity contribution in [2.45, 2.75) is 0 Å². The lowest BCUT2D eigenvalue weighted by Crippen LogP contribution is -2.38. The molecule has 15 heavy (non-hydrogen) atoms. The molecule has 0 aliphatic carbocycles. The predicted octanol–water partition coefficient (Wildman–Crippen LogP) is 1.45. The number of anilines is 1. The molecule has 0 aliphatic heterocycles. The van der Waals surface area contributed by atoms with Crippen molar-refractivity contribution in [2.75, 3.05) is 5.32 Å². The number of guanidine groups is 1. The number of halogens is 2. The Kier molecular flexibility index (Phi) is 3.83. The summed E-state index contributed by atoms with van der Waals surface area (Å²) in [6, 6.07) is 3.51. The molecule has 0 saturated heterocycles. The van der Waals surface area contributed by atoms with Crippen molar-refractivity contribution in [3.63, 3.8) is 0 Å². The summed E-state index contributed by atoms with van der Waals surface area (Å²) < 4.78 is 13.5. The number of primary amides is 1. The largest absolute Gasteiger partial charge is 0.351 e. The second kappa shape index (κ2) is 4.91. The summed E-state index contributed by atoms with van der Waals surface area (Å²) in [4.78, 5) is 10.4. The van der Waals surface area contributed by atoms with Crippen LogP contribution in [0.3, 0.4) is 0 Å². The zero-order valence-electron chi connectivity index (χ0n) is 7.47. The van der Waals surface area contributed by atoms with Gasteiger partial charge in [-0.15, -0.1) is 0 Å². The Morgan fingerprint density at radius 1 is 1.53 bits per heavy atom. The topological polar surface area (TPSA) is 91.0 Å². The van der Waals surface area contributed by atoms with Gasteiger partial charge in [-0.05, 0) is 40.8 Å². The molecule has 0 fully saturated rings. The second-order valence-corrected chi connectivity index (χ2v) is 3.78. The highest BCUT2D eigenvalue weighted by Gasteiger charge is 2.03. The van der Waals surface area contributed by atoms with E-state index in [1.807, 2.05) is 27.9 Å². The van der Waals surface area contributed by atoms with Gasteiger partial charge in [0.15, 0.2) is 0 Å². The number of benzene rings is 1. The van der Waals surface area contributed by atoms with Gasteiger partial charge in [-0.1, -0.05) is 0 Å². The Balaban J connectivity index is 2.69. The zero-order valence-corrected chi connectivity index (χ0v) is 9.63. The van der Waals surface area contributed by atoms with E-state index in [1.54, 1.807) is 12.1 Å². The van der Waals surface area contributed by atoms with Crippen LogP contribution in [0.2, 0.25) is 0 Å². The molecule has 0 unspecified atom stereocenters. The van der Waals surface area contributed by atoms with E-state index in [9.17, 15) is 9.18 Å². The smallest absolute Gasteiger partial charge is 0.318 e. The molecule has 0 radical (unpaired) electrons. The Bertz CT molecular complexity index is 410. The molecular formula is C8H8FIN4O. The van der Waals surface area contributed by atoms with Crippen molar-refractivity contribution < 1.29 is 9.18 Å². The number of nitrogens with one attached hydrogen (secondary N) is 3. The summed E-state index contributed by atoms with van der Waals surface area (Å²) in [5.41, 5.74) is 5.16. The fourth-order valence-electron chi connectivity index (χ4n) is 0.873. The number of nitrogens with two attached hydrogens (primary N) is 1. The summed E-state index contributed by atoms with van der Waals surface area (Å²) in [5.74, 6) is -0.699. The number of rotatable bonds is 1.